The summed E-state index contributed by atoms with van der Waals surface area (Å²) in [7, 11) is 0. The summed E-state index contributed by atoms with van der Waals surface area (Å²) in [6.45, 7) is 1.09. The third-order valence-electron chi connectivity index (χ3n) is 6.03. The molecule has 1 fully saturated rings. The maximum Gasteiger partial charge on any atom is 0.272 e. The normalized spacial score (nSPS) is 15.7. The fraction of sp³-hybridized carbons (Fsp3) is 0.192. The molecule has 0 spiro atoms. The zero-order chi connectivity index (χ0) is 22.8. The van der Waals surface area contributed by atoms with Crippen molar-refractivity contribution in [2.75, 3.05) is 18.4 Å². The third kappa shape index (κ3) is 4.35. The number of carbonyl (C=O) groups excluding carboxylic acids is 1. The molecule has 6 nitrogen and oxygen atoms in total. The van der Waals surface area contributed by atoms with Gasteiger partial charge >= 0.3 is 0 Å². The topological polar surface area (TPSA) is 78.1 Å². The lowest BCUT2D eigenvalue weighted by Gasteiger charge is -2.18. The molecule has 1 saturated heterocycles. The van der Waals surface area contributed by atoms with Crippen molar-refractivity contribution in [1.29, 1.82) is 0 Å². The Balaban J connectivity index is 1.35. The van der Waals surface area contributed by atoms with Crippen molar-refractivity contribution < 1.29 is 9.18 Å². The van der Waals surface area contributed by atoms with E-state index in [1.54, 1.807) is 29.2 Å². The smallest absolute Gasteiger partial charge is 0.272 e. The molecule has 2 N–H and O–H groups in total. The molecule has 3 aromatic carbocycles. The highest BCUT2D eigenvalue weighted by atomic mass is 19.1. The zero-order valence-corrected chi connectivity index (χ0v) is 17.9. The molecule has 7 heteroatoms. The summed E-state index contributed by atoms with van der Waals surface area (Å²) < 4.78 is 14.6. The largest absolute Gasteiger partial charge is 0.380 e. The van der Waals surface area contributed by atoms with E-state index in [0.717, 1.165) is 23.1 Å². The Hall–Kier alpha value is -4.00. The SMILES string of the molecule is O=C(c1cc(Cc2n[nH]c(=O)c3ccccc23)ccc1F)N1CC[C@@H](Nc2ccccc2)C1. The number of para-hydroxylation sites is 1. The summed E-state index contributed by atoms with van der Waals surface area (Å²) in [6, 6.07) is 21.8. The molecule has 0 unspecified atom stereocenters. The molecule has 1 aromatic heterocycles. The first-order valence-corrected chi connectivity index (χ1v) is 10.9. The van der Waals surface area contributed by atoms with Gasteiger partial charge in [-0.1, -0.05) is 42.5 Å². The van der Waals surface area contributed by atoms with Crippen LogP contribution in [0.3, 0.4) is 0 Å². The van der Waals surface area contributed by atoms with E-state index in [4.69, 9.17) is 0 Å². The highest BCUT2D eigenvalue weighted by molar-refractivity contribution is 5.95. The van der Waals surface area contributed by atoms with E-state index < -0.39 is 5.82 Å². The second kappa shape index (κ2) is 8.86. The molecular formula is C26H23FN4O2. The van der Waals surface area contributed by atoms with Crippen LogP contribution in [-0.2, 0) is 6.42 Å². The Morgan fingerprint density at radius 2 is 1.82 bits per heavy atom. The number of likely N-dealkylation sites (tertiary alicyclic amines) is 1. The predicted octanol–water partition coefficient (Wildman–Crippen LogP) is 3.98. The number of hydrogen-bond donors (Lipinski definition) is 2. The fourth-order valence-electron chi connectivity index (χ4n) is 4.35. The van der Waals surface area contributed by atoms with Gasteiger partial charge in [-0.25, -0.2) is 9.49 Å². The third-order valence-corrected chi connectivity index (χ3v) is 6.03. The Kier molecular flexibility index (Phi) is 5.60. The number of nitrogens with zero attached hydrogens (tertiary/aromatic N) is 2. The van der Waals surface area contributed by atoms with Crippen molar-refractivity contribution in [2.24, 2.45) is 0 Å². The summed E-state index contributed by atoms with van der Waals surface area (Å²) in [6.07, 6.45) is 1.17. The molecule has 1 amide bonds. The average Bonchev–Trinajstić information content (AvgIpc) is 3.31. The van der Waals surface area contributed by atoms with Gasteiger partial charge in [0.2, 0.25) is 0 Å². The molecule has 166 valence electrons. The van der Waals surface area contributed by atoms with E-state index in [1.807, 2.05) is 42.5 Å². The van der Waals surface area contributed by atoms with Crippen molar-refractivity contribution >= 4 is 22.4 Å². The van der Waals surface area contributed by atoms with Gasteiger partial charge in [0.1, 0.15) is 5.82 Å². The second-order valence-electron chi connectivity index (χ2n) is 8.28. The molecule has 5 rings (SSSR count). The summed E-state index contributed by atoms with van der Waals surface area (Å²) in [5.74, 6) is -0.853. The summed E-state index contributed by atoms with van der Waals surface area (Å²) >= 11 is 0. The highest BCUT2D eigenvalue weighted by Crippen LogP contribution is 2.22. The van der Waals surface area contributed by atoms with Gasteiger partial charge in [-0.3, -0.25) is 9.59 Å². The number of amides is 1. The number of H-pyrrole nitrogens is 1. The molecule has 0 saturated carbocycles. The van der Waals surface area contributed by atoms with E-state index in [0.29, 0.717) is 30.6 Å². The summed E-state index contributed by atoms with van der Waals surface area (Å²) in [5.41, 5.74) is 2.23. The van der Waals surface area contributed by atoms with Gasteiger partial charge < -0.3 is 10.2 Å². The van der Waals surface area contributed by atoms with Crippen LogP contribution in [0.4, 0.5) is 10.1 Å². The van der Waals surface area contributed by atoms with Crippen LogP contribution in [0.5, 0.6) is 0 Å². The summed E-state index contributed by atoms with van der Waals surface area (Å²) in [5, 5.41) is 11.4. The number of aromatic nitrogens is 2. The Labute approximate surface area is 190 Å². The Morgan fingerprint density at radius 3 is 2.64 bits per heavy atom. The number of hydrogen-bond acceptors (Lipinski definition) is 4. The van der Waals surface area contributed by atoms with Crippen LogP contribution in [0.1, 0.15) is 28.0 Å². The van der Waals surface area contributed by atoms with Crippen LogP contribution in [0.25, 0.3) is 10.8 Å². The van der Waals surface area contributed by atoms with Crippen molar-refractivity contribution in [3.05, 3.63) is 106 Å². The van der Waals surface area contributed by atoms with Crippen LogP contribution >= 0.6 is 0 Å². The lowest BCUT2D eigenvalue weighted by atomic mass is 10.0. The van der Waals surface area contributed by atoms with Crippen LogP contribution in [-0.4, -0.2) is 40.1 Å². The number of carbonyl (C=O) groups is 1. The highest BCUT2D eigenvalue weighted by Gasteiger charge is 2.28. The Morgan fingerprint density at radius 1 is 1.06 bits per heavy atom. The number of halogens is 1. The summed E-state index contributed by atoms with van der Waals surface area (Å²) in [4.78, 5) is 26.9. The molecule has 1 aliphatic rings. The van der Waals surface area contributed by atoms with Crippen molar-refractivity contribution in [2.45, 2.75) is 18.9 Å². The van der Waals surface area contributed by atoms with E-state index in [1.165, 1.54) is 6.07 Å². The molecule has 4 aromatic rings. The maximum absolute atomic E-state index is 14.6. The molecule has 2 heterocycles. The second-order valence-corrected chi connectivity index (χ2v) is 8.28. The first-order chi connectivity index (χ1) is 16.1. The van der Waals surface area contributed by atoms with Gasteiger partial charge in [-0.2, -0.15) is 5.10 Å². The quantitative estimate of drug-likeness (QED) is 0.490. The van der Waals surface area contributed by atoms with Gasteiger partial charge in [-0.15, -0.1) is 0 Å². The molecule has 1 aliphatic heterocycles. The minimum atomic E-state index is -0.539. The molecule has 0 aliphatic carbocycles. The lowest BCUT2D eigenvalue weighted by molar-refractivity contribution is 0.0787. The van der Waals surface area contributed by atoms with Gasteiger partial charge in [0.15, 0.2) is 0 Å². The van der Waals surface area contributed by atoms with Gasteiger partial charge in [0.05, 0.1) is 16.6 Å². The van der Waals surface area contributed by atoms with Crippen LogP contribution in [0.2, 0.25) is 0 Å². The van der Waals surface area contributed by atoms with Gasteiger partial charge in [0, 0.05) is 36.6 Å². The molecule has 33 heavy (non-hydrogen) atoms. The molecule has 1 atom stereocenters. The van der Waals surface area contributed by atoms with E-state index >= 15 is 0 Å². The zero-order valence-electron chi connectivity index (χ0n) is 17.9. The number of nitrogens with one attached hydrogen (secondary N) is 2. The first-order valence-electron chi connectivity index (χ1n) is 10.9. The monoisotopic (exact) mass is 442 g/mol. The molecule has 0 bridgehead atoms. The first kappa shape index (κ1) is 20.9. The van der Waals surface area contributed by atoms with E-state index in [9.17, 15) is 14.0 Å². The fourth-order valence-corrected chi connectivity index (χ4v) is 4.35. The van der Waals surface area contributed by atoms with Crippen molar-refractivity contribution in [1.82, 2.24) is 15.1 Å². The maximum atomic E-state index is 14.6. The average molecular weight is 442 g/mol. The van der Waals surface area contributed by atoms with E-state index in [-0.39, 0.29) is 23.1 Å². The minimum absolute atomic E-state index is 0.0570. The van der Waals surface area contributed by atoms with Gasteiger partial charge in [-0.05, 0) is 42.3 Å². The molecular weight excluding hydrogens is 419 g/mol. The number of rotatable bonds is 5. The Bertz CT molecular complexity index is 1370. The number of benzene rings is 3. The number of aromatic amines is 1. The van der Waals surface area contributed by atoms with Crippen LogP contribution in [0.15, 0.2) is 77.6 Å². The van der Waals surface area contributed by atoms with Crippen LogP contribution in [0, 0.1) is 5.82 Å². The standard InChI is InChI=1S/C26H23FN4O2/c27-23-11-10-17(15-24-20-8-4-5-9-21(20)25(32)30-29-24)14-22(23)26(33)31-13-12-19(16-31)28-18-6-2-1-3-7-18/h1-11,14,19,28H,12-13,15-16H2,(H,30,32)/t19-/m1/s1. The molecule has 0 radical (unpaired) electrons. The van der Waals surface area contributed by atoms with Crippen molar-refractivity contribution in [3.63, 3.8) is 0 Å². The van der Waals surface area contributed by atoms with Crippen molar-refractivity contribution in [3.8, 4) is 0 Å². The van der Waals surface area contributed by atoms with Crippen LogP contribution < -0.4 is 10.9 Å². The number of fused-ring (bicyclic) bond motifs is 1. The predicted molar refractivity (Wildman–Crippen MR) is 126 cm³/mol. The number of anilines is 1. The lowest BCUT2D eigenvalue weighted by Crippen LogP contribution is -2.32. The van der Waals surface area contributed by atoms with Gasteiger partial charge in [0.25, 0.3) is 11.5 Å². The van der Waals surface area contributed by atoms with E-state index in [2.05, 4.69) is 15.5 Å². The minimum Gasteiger partial charge on any atom is -0.380 e.